The molecule has 0 unspecified atom stereocenters. The summed E-state index contributed by atoms with van der Waals surface area (Å²) < 4.78 is 7.44. The maximum Gasteiger partial charge on any atom is 0.255 e. The Labute approximate surface area is 189 Å². The van der Waals surface area contributed by atoms with Gasteiger partial charge in [-0.15, -0.1) is 0 Å². The molecule has 2 heterocycles. The molecule has 1 aromatic heterocycles. The maximum absolute atomic E-state index is 13.5. The second-order valence-corrected chi connectivity index (χ2v) is 7.95. The van der Waals surface area contributed by atoms with Crippen molar-refractivity contribution in [3.8, 4) is 22.7 Å². The average molecular weight is 432 g/mol. The molecule has 3 aromatic rings. The predicted molar refractivity (Wildman–Crippen MR) is 125 cm³/mol. The normalized spacial score (nSPS) is 13.8. The minimum atomic E-state index is 0.00976. The van der Waals surface area contributed by atoms with E-state index in [2.05, 4.69) is 4.57 Å². The Hall–Kier alpha value is -3.54. The highest BCUT2D eigenvalue weighted by Crippen LogP contribution is 2.31. The Balaban J connectivity index is 1.69. The van der Waals surface area contributed by atoms with Crippen LogP contribution in [0.2, 0.25) is 0 Å². The van der Waals surface area contributed by atoms with E-state index in [4.69, 9.17) is 4.74 Å². The lowest BCUT2D eigenvalue weighted by atomic mass is 10.1. The van der Waals surface area contributed by atoms with E-state index in [1.54, 1.807) is 7.11 Å². The zero-order valence-electron chi connectivity index (χ0n) is 18.9. The molecule has 0 saturated carbocycles. The molecule has 2 aromatic carbocycles. The monoisotopic (exact) mass is 431 g/mol. The zero-order chi connectivity index (χ0) is 22.7. The summed E-state index contributed by atoms with van der Waals surface area (Å²) >= 11 is 0. The van der Waals surface area contributed by atoms with Gasteiger partial charge in [-0.3, -0.25) is 9.59 Å². The van der Waals surface area contributed by atoms with Crippen LogP contribution in [-0.4, -0.2) is 59.5 Å². The number of ether oxygens (including phenoxy) is 1. The Morgan fingerprint density at radius 1 is 0.906 bits per heavy atom. The van der Waals surface area contributed by atoms with Gasteiger partial charge in [0.15, 0.2) is 0 Å². The number of para-hydroxylation sites is 1. The lowest BCUT2D eigenvalue weighted by molar-refractivity contribution is -0.132. The van der Waals surface area contributed by atoms with Gasteiger partial charge in [0, 0.05) is 44.0 Å². The molecule has 6 nitrogen and oxygen atoms in total. The lowest BCUT2D eigenvalue weighted by Gasteiger charge is -2.34. The molecular formula is C26H29N3O3. The Bertz CT molecular complexity index is 1100. The molecule has 32 heavy (non-hydrogen) atoms. The van der Waals surface area contributed by atoms with Crippen molar-refractivity contribution >= 4 is 11.8 Å². The smallest absolute Gasteiger partial charge is 0.255 e. The molecule has 1 saturated heterocycles. The molecule has 1 aliphatic rings. The number of piperazine rings is 1. The Kier molecular flexibility index (Phi) is 6.30. The standard InChI is InChI=1S/C26H29N3O3/c1-4-25(30)27-14-16-28(17-15-27)26(31)23-18-24(20-10-12-22(32-3)13-11-20)29(19(23)2)21-8-6-5-7-9-21/h5-13,18H,4,14-17H2,1-3H3. The molecule has 2 amide bonds. The third-order valence-electron chi connectivity index (χ3n) is 6.10. The van der Waals surface area contributed by atoms with Crippen molar-refractivity contribution in [3.63, 3.8) is 0 Å². The predicted octanol–water partition coefficient (Wildman–Crippen LogP) is 4.16. The van der Waals surface area contributed by atoms with Crippen molar-refractivity contribution in [2.75, 3.05) is 33.3 Å². The average Bonchev–Trinajstić information content (AvgIpc) is 3.20. The number of hydrogen-bond donors (Lipinski definition) is 0. The van der Waals surface area contributed by atoms with Gasteiger partial charge in [-0.1, -0.05) is 25.1 Å². The highest BCUT2D eigenvalue weighted by molar-refractivity contribution is 5.97. The van der Waals surface area contributed by atoms with Gasteiger partial charge in [-0.2, -0.15) is 0 Å². The highest BCUT2D eigenvalue weighted by Gasteiger charge is 2.27. The number of rotatable bonds is 5. The van der Waals surface area contributed by atoms with Gasteiger partial charge in [-0.05, 0) is 55.0 Å². The van der Waals surface area contributed by atoms with Crippen molar-refractivity contribution < 1.29 is 14.3 Å². The van der Waals surface area contributed by atoms with Gasteiger partial charge < -0.3 is 19.1 Å². The second-order valence-electron chi connectivity index (χ2n) is 7.95. The maximum atomic E-state index is 13.5. The van der Waals surface area contributed by atoms with Crippen LogP contribution in [0.4, 0.5) is 0 Å². The van der Waals surface area contributed by atoms with E-state index in [1.807, 2.05) is 84.3 Å². The van der Waals surface area contributed by atoms with Crippen molar-refractivity contribution in [2.24, 2.45) is 0 Å². The van der Waals surface area contributed by atoms with E-state index >= 15 is 0 Å². The summed E-state index contributed by atoms with van der Waals surface area (Å²) in [6, 6.07) is 19.9. The van der Waals surface area contributed by atoms with Gasteiger partial charge in [0.05, 0.1) is 18.4 Å². The summed E-state index contributed by atoms with van der Waals surface area (Å²) in [5, 5.41) is 0. The van der Waals surface area contributed by atoms with Crippen LogP contribution in [0.15, 0.2) is 60.7 Å². The van der Waals surface area contributed by atoms with Crippen LogP contribution in [0, 0.1) is 6.92 Å². The van der Waals surface area contributed by atoms with Gasteiger partial charge in [0.1, 0.15) is 5.75 Å². The summed E-state index contributed by atoms with van der Waals surface area (Å²) in [4.78, 5) is 29.2. The van der Waals surface area contributed by atoms with Crippen LogP contribution in [0.3, 0.4) is 0 Å². The van der Waals surface area contributed by atoms with Crippen LogP contribution < -0.4 is 4.74 Å². The van der Waals surface area contributed by atoms with Crippen LogP contribution in [0.5, 0.6) is 5.75 Å². The molecule has 4 rings (SSSR count). The molecule has 0 bridgehead atoms. The van der Waals surface area contributed by atoms with E-state index in [-0.39, 0.29) is 11.8 Å². The van der Waals surface area contributed by atoms with Crippen molar-refractivity contribution in [1.82, 2.24) is 14.4 Å². The molecule has 0 radical (unpaired) electrons. The first-order chi connectivity index (χ1) is 15.5. The van der Waals surface area contributed by atoms with Crippen LogP contribution in [-0.2, 0) is 4.79 Å². The first-order valence-corrected chi connectivity index (χ1v) is 11.0. The first-order valence-electron chi connectivity index (χ1n) is 11.0. The van der Waals surface area contributed by atoms with Crippen LogP contribution in [0.25, 0.3) is 16.9 Å². The molecule has 0 spiro atoms. The van der Waals surface area contributed by atoms with Crippen molar-refractivity contribution in [3.05, 3.63) is 71.9 Å². The molecule has 0 N–H and O–H groups in total. The fraction of sp³-hybridized carbons (Fsp3) is 0.308. The fourth-order valence-electron chi connectivity index (χ4n) is 4.26. The molecule has 166 valence electrons. The van der Waals surface area contributed by atoms with Crippen molar-refractivity contribution in [2.45, 2.75) is 20.3 Å². The summed E-state index contributed by atoms with van der Waals surface area (Å²) in [6.45, 7) is 6.14. The lowest BCUT2D eigenvalue weighted by Crippen LogP contribution is -2.50. The van der Waals surface area contributed by atoms with E-state index in [9.17, 15) is 9.59 Å². The number of carbonyl (C=O) groups is 2. The molecule has 1 aliphatic heterocycles. The molecule has 0 aliphatic carbocycles. The van der Waals surface area contributed by atoms with Gasteiger partial charge in [0.25, 0.3) is 5.91 Å². The minimum absolute atomic E-state index is 0.00976. The number of benzene rings is 2. The summed E-state index contributed by atoms with van der Waals surface area (Å²) in [5.41, 5.74) is 4.57. The number of hydrogen-bond acceptors (Lipinski definition) is 3. The summed E-state index contributed by atoms with van der Waals surface area (Å²) in [5.74, 6) is 0.944. The summed E-state index contributed by atoms with van der Waals surface area (Å²) in [6.07, 6.45) is 0.498. The number of aromatic nitrogens is 1. The third kappa shape index (κ3) is 4.13. The van der Waals surface area contributed by atoms with Crippen LogP contribution >= 0.6 is 0 Å². The molecule has 1 fully saturated rings. The topological polar surface area (TPSA) is 54.8 Å². The summed E-state index contributed by atoms with van der Waals surface area (Å²) in [7, 11) is 1.65. The Morgan fingerprint density at radius 3 is 2.12 bits per heavy atom. The number of amides is 2. The van der Waals surface area contributed by atoms with Gasteiger partial charge in [0.2, 0.25) is 5.91 Å². The largest absolute Gasteiger partial charge is 0.497 e. The van der Waals surface area contributed by atoms with Crippen molar-refractivity contribution in [1.29, 1.82) is 0 Å². The van der Waals surface area contributed by atoms with Gasteiger partial charge >= 0.3 is 0 Å². The van der Waals surface area contributed by atoms with E-state index < -0.39 is 0 Å². The second kappa shape index (κ2) is 9.30. The molecular weight excluding hydrogens is 402 g/mol. The van der Waals surface area contributed by atoms with Gasteiger partial charge in [-0.25, -0.2) is 0 Å². The quantitative estimate of drug-likeness (QED) is 0.610. The van der Waals surface area contributed by atoms with E-state index in [1.165, 1.54) is 0 Å². The minimum Gasteiger partial charge on any atom is -0.497 e. The third-order valence-corrected chi connectivity index (χ3v) is 6.10. The zero-order valence-corrected chi connectivity index (χ0v) is 18.9. The number of methoxy groups -OCH3 is 1. The number of carbonyl (C=O) groups excluding carboxylic acids is 2. The van der Waals surface area contributed by atoms with E-state index in [0.717, 1.165) is 28.4 Å². The van der Waals surface area contributed by atoms with E-state index in [0.29, 0.717) is 38.2 Å². The first kappa shape index (κ1) is 21.7. The molecule has 6 heteroatoms. The number of nitrogens with zero attached hydrogens (tertiary/aromatic N) is 3. The SMILES string of the molecule is CCC(=O)N1CCN(C(=O)c2cc(-c3ccc(OC)cc3)n(-c3ccccc3)c2C)CC1. The Morgan fingerprint density at radius 2 is 1.53 bits per heavy atom. The highest BCUT2D eigenvalue weighted by atomic mass is 16.5. The van der Waals surface area contributed by atoms with Crippen LogP contribution in [0.1, 0.15) is 29.4 Å². The molecule has 0 atom stereocenters. The fourth-order valence-corrected chi connectivity index (χ4v) is 4.26.